The van der Waals surface area contributed by atoms with Crippen molar-refractivity contribution in [2.75, 3.05) is 0 Å². The van der Waals surface area contributed by atoms with Crippen LogP contribution >= 0.6 is 0 Å². The fourth-order valence-electron chi connectivity index (χ4n) is 1.41. The third-order valence-corrected chi connectivity index (χ3v) is 3.51. The SMILES string of the molecule is C(=C\c1ccccc1)/[Se]/C=C/c1ccccc1. The van der Waals surface area contributed by atoms with E-state index < -0.39 is 0 Å². The van der Waals surface area contributed by atoms with Gasteiger partial charge in [0, 0.05) is 0 Å². The molecular weight excluding hydrogens is 271 g/mol. The van der Waals surface area contributed by atoms with Gasteiger partial charge in [-0.05, 0) is 0 Å². The topological polar surface area (TPSA) is 0 Å². The summed E-state index contributed by atoms with van der Waals surface area (Å²) in [5.74, 6) is 0. The van der Waals surface area contributed by atoms with Crippen molar-refractivity contribution < 1.29 is 0 Å². The Hall–Kier alpha value is -1.56. The maximum absolute atomic E-state index is 2.24. The van der Waals surface area contributed by atoms with Gasteiger partial charge in [-0.2, -0.15) is 0 Å². The zero-order chi connectivity index (χ0) is 11.8. The van der Waals surface area contributed by atoms with E-state index in [1.807, 2.05) is 12.1 Å². The fourth-order valence-corrected chi connectivity index (χ4v) is 2.59. The Labute approximate surface area is 109 Å². The minimum atomic E-state index is 0.422. The second-order valence-corrected chi connectivity index (χ2v) is 5.28. The van der Waals surface area contributed by atoms with Crippen molar-refractivity contribution in [1.29, 1.82) is 0 Å². The molecule has 0 aromatic heterocycles. The predicted octanol–water partition coefficient (Wildman–Crippen LogP) is 4.03. The molecule has 0 saturated carbocycles. The van der Waals surface area contributed by atoms with Crippen LogP contribution in [0.25, 0.3) is 12.2 Å². The monoisotopic (exact) mass is 286 g/mol. The minimum absolute atomic E-state index is 0.422. The molecule has 0 heterocycles. The van der Waals surface area contributed by atoms with Crippen LogP contribution in [-0.4, -0.2) is 15.0 Å². The van der Waals surface area contributed by atoms with Crippen LogP contribution in [0.1, 0.15) is 11.1 Å². The van der Waals surface area contributed by atoms with Crippen LogP contribution in [0.5, 0.6) is 0 Å². The first-order valence-corrected chi connectivity index (χ1v) is 7.51. The predicted molar refractivity (Wildman–Crippen MR) is 76.7 cm³/mol. The Morgan fingerprint density at radius 1 is 0.588 bits per heavy atom. The number of rotatable bonds is 4. The average molecular weight is 285 g/mol. The van der Waals surface area contributed by atoms with Crippen molar-refractivity contribution >= 4 is 27.1 Å². The van der Waals surface area contributed by atoms with Gasteiger partial charge in [-0.15, -0.1) is 0 Å². The number of hydrogen-bond acceptors (Lipinski definition) is 0. The van der Waals surface area contributed by atoms with Crippen LogP contribution in [0.15, 0.2) is 70.6 Å². The van der Waals surface area contributed by atoms with Gasteiger partial charge >= 0.3 is 109 Å². The Morgan fingerprint density at radius 2 is 1.00 bits per heavy atom. The number of benzene rings is 2. The van der Waals surface area contributed by atoms with E-state index >= 15 is 0 Å². The van der Waals surface area contributed by atoms with E-state index in [0.717, 1.165) is 0 Å². The summed E-state index contributed by atoms with van der Waals surface area (Å²) in [7, 11) is 0. The second-order valence-electron chi connectivity index (χ2n) is 3.56. The Balaban J connectivity index is 1.84. The van der Waals surface area contributed by atoms with Gasteiger partial charge in [0.15, 0.2) is 0 Å². The van der Waals surface area contributed by atoms with E-state index in [1.165, 1.54) is 11.1 Å². The van der Waals surface area contributed by atoms with E-state index in [4.69, 9.17) is 0 Å². The van der Waals surface area contributed by atoms with Crippen molar-refractivity contribution in [1.82, 2.24) is 0 Å². The van der Waals surface area contributed by atoms with Crippen molar-refractivity contribution in [3.8, 4) is 0 Å². The molecule has 0 aliphatic rings. The molecule has 0 amide bonds. The molecule has 17 heavy (non-hydrogen) atoms. The summed E-state index contributed by atoms with van der Waals surface area (Å²) in [6.45, 7) is 0. The van der Waals surface area contributed by atoms with E-state index in [1.54, 1.807) is 0 Å². The quantitative estimate of drug-likeness (QED) is 0.744. The Bertz CT molecular complexity index is 436. The van der Waals surface area contributed by atoms with E-state index in [2.05, 4.69) is 70.6 Å². The molecule has 84 valence electrons. The van der Waals surface area contributed by atoms with Gasteiger partial charge in [0.25, 0.3) is 0 Å². The standard InChI is InChI=1S/C16H14Se/c1-3-7-15(8-4-1)11-13-17-14-12-16-9-5-2-6-10-16/h1-14H/b13-11+,14-12+. The van der Waals surface area contributed by atoms with Gasteiger partial charge in [-0.3, -0.25) is 0 Å². The summed E-state index contributed by atoms with van der Waals surface area (Å²) in [5, 5.41) is 0. The molecule has 0 unspecified atom stereocenters. The summed E-state index contributed by atoms with van der Waals surface area (Å²) in [6.07, 6.45) is 4.35. The molecule has 0 nitrogen and oxygen atoms in total. The Morgan fingerprint density at radius 3 is 1.41 bits per heavy atom. The molecule has 2 aromatic rings. The summed E-state index contributed by atoms with van der Waals surface area (Å²) in [5.41, 5.74) is 2.53. The molecule has 0 bridgehead atoms. The summed E-state index contributed by atoms with van der Waals surface area (Å²) in [6, 6.07) is 20.8. The van der Waals surface area contributed by atoms with Crippen LogP contribution in [0.2, 0.25) is 0 Å². The zero-order valence-corrected chi connectivity index (χ0v) is 11.2. The molecule has 0 aliphatic carbocycles. The molecule has 0 radical (unpaired) electrons. The van der Waals surface area contributed by atoms with Crippen molar-refractivity contribution in [2.24, 2.45) is 0 Å². The third-order valence-electron chi connectivity index (χ3n) is 2.28. The van der Waals surface area contributed by atoms with E-state index in [9.17, 15) is 0 Å². The summed E-state index contributed by atoms with van der Waals surface area (Å²) >= 11 is 0.422. The van der Waals surface area contributed by atoms with Crippen LogP contribution in [0.4, 0.5) is 0 Å². The normalized spacial score (nSPS) is 11.3. The van der Waals surface area contributed by atoms with Gasteiger partial charge in [-0.1, -0.05) is 0 Å². The van der Waals surface area contributed by atoms with Gasteiger partial charge in [-0.25, -0.2) is 0 Å². The van der Waals surface area contributed by atoms with Crippen LogP contribution in [0, 0.1) is 0 Å². The molecular formula is C16H14Se. The molecule has 2 rings (SSSR count). The van der Waals surface area contributed by atoms with Crippen molar-refractivity contribution in [2.45, 2.75) is 0 Å². The molecule has 1 heteroatoms. The molecule has 0 fully saturated rings. The van der Waals surface area contributed by atoms with E-state index in [-0.39, 0.29) is 0 Å². The average Bonchev–Trinajstić information content (AvgIpc) is 2.41. The van der Waals surface area contributed by atoms with Crippen molar-refractivity contribution in [3.63, 3.8) is 0 Å². The van der Waals surface area contributed by atoms with Crippen LogP contribution < -0.4 is 0 Å². The van der Waals surface area contributed by atoms with Crippen molar-refractivity contribution in [3.05, 3.63) is 81.7 Å². The molecule has 0 atom stereocenters. The van der Waals surface area contributed by atoms with Gasteiger partial charge in [0.1, 0.15) is 0 Å². The second kappa shape index (κ2) is 6.90. The van der Waals surface area contributed by atoms with E-state index in [0.29, 0.717) is 15.0 Å². The third kappa shape index (κ3) is 4.44. The number of hydrogen-bond donors (Lipinski definition) is 0. The van der Waals surface area contributed by atoms with Crippen LogP contribution in [-0.2, 0) is 0 Å². The van der Waals surface area contributed by atoms with Gasteiger partial charge in [0.2, 0.25) is 0 Å². The summed E-state index contributed by atoms with van der Waals surface area (Å²) in [4.78, 5) is 4.48. The Kier molecular flexibility index (Phi) is 4.84. The van der Waals surface area contributed by atoms with Crippen LogP contribution in [0.3, 0.4) is 0 Å². The molecule has 0 aliphatic heterocycles. The van der Waals surface area contributed by atoms with Gasteiger partial charge in [0.05, 0.1) is 0 Å². The maximum atomic E-state index is 2.24. The first kappa shape index (κ1) is 11.9. The molecule has 0 spiro atoms. The first-order valence-electron chi connectivity index (χ1n) is 5.54. The zero-order valence-electron chi connectivity index (χ0n) is 9.49. The molecule has 2 aromatic carbocycles. The molecule has 0 N–H and O–H groups in total. The molecule has 0 saturated heterocycles. The van der Waals surface area contributed by atoms with Gasteiger partial charge < -0.3 is 0 Å². The fraction of sp³-hybridized carbons (Fsp3) is 0. The summed E-state index contributed by atoms with van der Waals surface area (Å²) < 4.78 is 0. The first-order chi connectivity index (χ1) is 8.45.